The lowest BCUT2D eigenvalue weighted by Crippen LogP contribution is -2.35. The molecule has 1 atom stereocenters. The Morgan fingerprint density at radius 3 is 2.76 bits per heavy atom. The third-order valence-electron chi connectivity index (χ3n) is 2.75. The van der Waals surface area contributed by atoms with Crippen LogP contribution in [-0.4, -0.2) is 62.2 Å². The summed E-state index contributed by atoms with van der Waals surface area (Å²) in [5.74, 6) is 0. The molecule has 1 N–H and O–H groups in total. The molecule has 100 valence electrons. The molecule has 1 aliphatic rings. The van der Waals surface area contributed by atoms with E-state index in [-0.39, 0.29) is 6.10 Å². The van der Waals surface area contributed by atoms with Crippen molar-refractivity contribution in [2.75, 3.05) is 40.0 Å². The first-order valence-electron chi connectivity index (χ1n) is 6.28. The fourth-order valence-corrected chi connectivity index (χ4v) is 2.03. The van der Waals surface area contributed by atoms with Gasteiger partial charge in [0, 0.05) is 26.3 Å². The Labute approximate surface area is 104 Å². The minimum atomic E-state index is -0.429. The van der Waals surface area contributed by atoms with Crippen LogP contribution in [0, 0.1) is 0 Å². The zero-order valence-corrected chi connectivity index (χ0v) is 11.0. The molecule has 0 aliphatic carbocycles. The number of likely N-dealkylation sites (N-methyl/N-ethyl adjacent to an activating group) is 1. The molecule has 4 heteroatoms. The largest absolute Gasteiger partial charge is 0.389 e. The van der Waals surface area contributed by atoms with Gasteiger partial charge < -0.3 is 14.6 Å². The second-order valence-electron chi connectivity index (χ2n) is 4.95. The van der Waals surface area contributed by atoms with Crippen molar-refractivity contribution in [3.8, 4) is 0 Å². The number of aliphatic hydroxyl groups excluding tert-OH is 1. The maximum atomic E-state index is 9.84. The minimum absolute atomic E-state index is 0.254. The van der Waals surface area contributed by atoms with Crippen LogP contribution in [0.5, 0.6) is 0 Å². The van der Waals surface area contributed by atoms with Crippen molar-refractivity contribution in [1.29, 1.82) is 0 Å². The van der Waals surface area contributed by atoms with Crippen LogP contribution in [0.25, 0.3) is 0 Å². The van der Waals surface area contributed by atoms with Crippen molar-refractivity contribution in [1.82, 2.24) is 4.90 Å². The number of hydrogen-bond donors (Lipinski definition) is 1. The van der Waals surface area contributed by atoms with Crippen molar-refractivity contribution >= 4 is 0 Å². The first kappa shape index (κ1) is 14.6. The molecular formula is C13H25NO3. The number of rotatable bonds is 7. The summed E-state index contributed by atoms with van der Waals surface area (Å²) in [5, 5.41) is 9.84. The first-order chi connectivity index (χ1) is 8.08. The lowest BCUT2D eigenvalue weighted by molar-refractivity contribution is -0.0628. The molecule has 0 saturated carbocycles. The van der Waals surface area contributed by atoms with Crippen LogP contribution in [0.15, 0.2) is 12.2 Å². The predicted molar refractivity (Wildman–Crippen MR) is 68.1 cm³/mol. The predicted octanol–water partition coefficient (Wildman–Crippen LogP) is 1.05. The number of aliphatic hydroxyl groups is 1. The first-order valence-corrected chi connectivity index (χ1v) is 6.28. The number of ether oxygens (including phenoxy) is 2. The molecule has 0 aromatic carbocycles. The molecule has 0 bridgehead atoms. The quantitative estimate of drug-likeness (QED) is 0.679. The van der Waals surface area contributed by atoms with Gasteiger partial charge in [0.1, 0.15) is 0 Å². The smallest absolute Gasteiger partial charge is 0.0900 e. The SMILES string of the molecule is C=C(C)CN(C)CC(O)COC1CCOCC1. The summed E-state index contributed by atoms with van der Waals surface area (Å²) in [6.45, 7) is 9.23. The lowest BCUT2D eigenvalue weighted by atomic mass is 10.1. The molecule has 0 aromatic heterocycles. The number of nitrogens with zero attached hydrogens (tertiary/aromatic N) is 1. The molecule has 1 unspecified atom stereocenters. The molecule has 1 fully saturated rings. The Hall–Kier alpha value is -0.420. The van der Waals surface area contributed by atoms with Crippen LogP contribution in [0.2, 0.25) is 0 Å². The Balaban J connectivity index is 2.11. The van der Waals surface area contributed by atoms with Gasteiger partial charge >= 0.3 is 0 Å². The van der Waals surface area contributed by atoms with E-state index in [4.69, 9.17) is 9.47 Å². The van der Waals surface area contributed by atoms with Crippen LogP contribution < -0.4 is 0 Å². The zero-order valence-electron chi connectivity index (χ0n) is 11.0. The molecule has 0 amide bonds. The second kappa shape index (κ2) is 7.82. The van der Waals surface area contributed by atoms with Gasteiger partial charge in [0.05, 0.1) is 18.8 Å². The van der Waals surface area contributed by atoms with Crippen LogP contribution >= 0.6 is 0 Å². The van der Waals surface area contributed by atoms with Crippen LogP contribution in [0.1, 0.15) is 19.8 Å². The van der Waals surface area contributed by atoms with E-state index in [1.165, 1.54) is 0 Å². The van der Waals surface area contributed by atoms with Gasteiger partial charge in [-0.15, -0.1) is 0 Å². The van der Waals surface area contributed by atoms with Crippen molar-refractivity contribution in [2.45, 2.75) is 32.0 Å². The maximum absolute atomic E-state index is 9.84. The van der Waals surface area contributed by atoms with Crippen molar-refractivity contribution in [2.24, 2.45) is 0 Å². The fourth-order valence-electron chi connectivity index (χ4n) is 2.03. The summed E-state index contributed by atoms with van der Waals surface area (Å²) in [5.41, 5.74) is 1.10. The van der Waals surface area contributed by atoms with Crippen LogP contribution in [0.3, 0.4) is 0 Å². The van der Waals surface area contributed by atoms with Gasteiger partial charge in [-0.05, 0) is 26.8 Å². The maximum Gasteiger partial charge on any atom is 0.0900 e. The van der Waals surface area contributed by atoms with Gasteiger partial charge in [0.2, 0.25) is 0 Å². The highest BCUT2D eigenvalue weighted by Crippen LogP contribution is 2.10. The van der Waals surface area contributed by atoms with Crippen molar-refractivity contribution in [3.63, 3.8) is 0 Å². The molecule has 1 aliphatic heterocycles. The van der Waals surface area contributed by atoms with E-state index in [9.17, 15) is 5.11 Å². The highest BCUT2D eigenvalue weighted by Gasteiger charge is 2.16. The van der Waals surface area contributed by atoms with Gasteiger partial charge in [-0.1, -0.05) is 12.2 Å². The van der Waals surface area contributed by atoms with E-state index >= 15 is 0 Å². The molecule has 17 heavy (non-hydrogen) atoms. The highest BCUT2D eigenvalue weighted by atomic mass is 16.5. The molecule has 1 heterocycles. The minimum Gasteiger partial charge on any atom is -0.389 e. The fraction of sp³-hybridized carbons (Fsp3) is 0.846. The summed E-state index contributed by atoms with van der Waals surface area (Å²) in [6, 6.07) is 0. The third-order valence-corrected chi connectivity index (χ3v) is 2.75. The topological polar surface area (TPSA) is 41.9 Å². The average molecular weight is 243 g/mol. The van der Waals surface area contributed by atoms with E-state index < -0.39 is 6.10 Å². The van der Waals surface area contributed by atoms with E-state index in [0.29, 0.717) is 13.2 Å². The Morgan fingerprint density at radius 2 is 2.18 bits per heavy atom. The standard InChI is InChI=1S/C13H25NO3/c1-11(2)8-14(3)9-12(15)10-17-13-4-6-16-7-5-13/h12-13,15H,1,4-10H2,2-3H3. The Kier molecular flexibility index (Phi) is 6.73. The van der Waals surface area contributed by atoms with E-state index in [1.807, 2.05) is 14.0 Å². The summed E-state index contributed by atoms with van der Waals surface area (Å²) in [7, 11) is 1.98. The summed E-state index contributed by atoms with van der Waals surface area (Å²) in [4.78, 5) is 2.06. The third kappa shape index (κ3) is 6.78. The van der Waals surface area contributed by atoms with Gasteiger partial charge in [-0.3, -0.25) is 4.90 Å². The van der Waals surface area contributed by atoms with Crippen molar-refractivity contribution in [3.05, 3.63) is 12.2 Å². The molecule has 0 aromatic rings. The second-order valence-corrected chi connectivity index (χ2v) is 4.95. The molecular weight excluding hydrogens is 218 g/mol. The normalized spacial score (nSPS) is 19.5. The summed E-state index contributed by atoms with van der Waals surface area (Å²) >= 11 is 0. The Morgan fingerprint density at radius 1 is 1.53 bits per heavy atom. The van der Waals surface area contributed by atoms with Gasteiger partial charge in [-0.2, -0.15) is 0 Å². The molecule has 0 spiro atoms. The number of hydrogen-bond acceptors (Lipinski definition) is 4. The van der Waals surface area contributed by atoms with Gasteiger partial charge in [0.25, 0.3) is 0 Å². The van der Waals surface area contributed by atoms with E-state index in [2.05, 4.69) is 11.5 Å². The van der Waals surface area contributed by atoms with Crippen LogP contribution in [-0.2, 0) is 9.47 Å². The summed E-state index contributed by atoms with van der Waals surface area (Å²) < 4.78 is 10.9. The molecule has 1 saturated heterocycles. The molecule has 4 nitrogen and oxygen atoms in total. The van der Waals surface area contributed by atoms with Crippen molar-refractivity contribution < 1.29 is 14.6 Å². The monoisotopic (exact) mass is 243 g/mol. The van der Waals surface area contributed by atoms with Gasteiger partial charge in [-0.25, -0.2) is 0 Å². The summed E-state index contributed by atoms with van der Waals surface area (Å²) in [6.07, 6.45) is 1.70. The lowest BCUT2D eigenvalue weighted by Gasteiger charge is -2.25. The van der Waals surface area contributed by atoms with Crippen LogP contribution in [0.4, 0.5) is 0 Å². The Bertz CT molecular complexity index is 227. The molecule has 1 rings (SSSR count). The average Bonchev–Trinajstić information content (AvgIpc) is 2.26. The van der Waals surface area contributed by atoms with E-state index in [0.717, 1.165) is 38.2 Å². The molecule has 0 radical (unpaired) electrons. The zero-order chi connectivity index (χ0) is 12.7. The van der Waals surface area contributed by atoms with Gasteiger partial charge in [0.15, 0.2) is 0 Å². The highest BCUT2D eigenvalue weighted by molar-refractivity contribution is 4.91. The van der Waals surface area contributed by atoms with E-state index in [1.54, 1.807) is 0 Å².